The van der Waals surface area contributed by atoms with E-state index in [9.17, 15) is 4.79 Å². The molecular formula is C12H18N2O2. The van der Waals surface area contributed by atoms with E-state index in [1.54, 1.807) is 6.92 Å². The second kappa shape index (κ2) is 6.10. The van der Waals surface area contributed by atoms with Crippen LogP contribution in [0.1, 0.15) is 42.1 Å². The minimum Gasteiger partial charge on any atom is -0.361 e. The van der Waals surface area contributed by atoms with E-state index in [0.717, 1.165) is 12.1 Å². The van der Waals surface area contributed by atoms with E-state index in [2.05, 4.69) is 10.5 Å². The lowest BCUT2D eigenvalue weighted by Crippen LogP contribution is -2.25. The summed E-state index contributed by atoms with van der Waals surface area (Å²) in [6.45, 7) is 6.30. The number of carbonyl (C=O) groups excluding carboxylic acids is 1. The highest BCUT2D eigenvalue weighted by Crippen LogP contribution is 2.13. The zero-order chi connectivity index (χ0) is 12.0. The first-order chi connectivity index (χ1) is 7.70. The average molecular weight is 222 g/mol. The van der Waals surface area contributed by atoms with Crippen molar-refractivity contribution in [1.82, 2.24) is 10.5 Å². The summed E-state index contributed by atoms with van der Waals surface area (Å²) in [6, 6.07) is 0. The van der Waals surface area contributed by atoms with Gasteiger partial charge in [-0.25, -0.2) is 0 Å². The van der Waals surface area contributed by atoms with Gasteiger partial charge in [0.1, 0.15) is 11.3 Å². The summed E-state index contributed by atoms with van der Waals surface area (Å²) in [6.07, 6.45) is 5.53. The maximum Gasteiger partial charge on any atom is 0.256 e. The van der Waals surface area contributed by atoms with Crippen LogP contribution in [-0.4, -0.2) is 17.6 Å². The first-order valence-electron chi connectivity index (χ1n) is 5.55. The van der Waals surface area contributed by atoms with E-state index in [4.69, 9.17) is 4.52 Å². The van der Waals surface area contributed by atoms with E-state index in [0.29, 0.717) is 24.3 Å². The predicted molar refractivity (Wildman–Crippen MR) is 62.4 cm³/mol. The molecule has 0 unspecified atom stereocenters. The second-order valence-corrected chi connectivity index (χ2v) is 3.53. The Kier molecular flexibility index (Phi) is 4.76. The Hall–Kier alpha value is -1.58. The topological polar surface area (TPSA) is 55.1 Å². The molecule has 1 aromatic heterocycles. The summed E-state index contributed by atoms with van der Waals surface area (Å²) in [7, 11) is 0. The lowest BCUT2D eigenvalue weighted by molar-refractivity contribution is 0.0952. The molecule has 0 spiro atoms. The molecule has 0 radical (unpaired) electrons. The van der Waals surface area contributed by atoms with Gasteiger partial charge in [0, 0.05) is 6.54 Å². The van der Waals surface area contributed by atoms with Gasteiger partial charge in [0.05, 0.1) is 5.69 Å². The van der Waals surface area contributed by atoms with E-state index in [1.807, 2.05) is 26.0 Å². The molecule has 0 atom stereocenters. The van der Waals surface area contributed by atoms with E-state index < -0.39 is 0 Å². The molecule has 0 aromatic carbocycles. The number of amides is 1. The molecule has 0 saturated heterocycles. The van der Waals surface area contributed by atoms with Crippen LogP contribution in [0.25, 0.3) is 0 Å². The molecule has 0 aliphatic rings. The van der Waals surface area contributed by atoms with Crippen LogP contribution in [-0.2, 0) is 6.42 Å². The molecule has 0 aliphatic heterocycles. The van der Waals surface area contributed by atoms with Crippen LogP contribution in [0, 0.1) is 6.92 Å². The van der Waals surface area contributed by atoms with Crippen molar-refractivity contribution in [2.75, 3.05) is 6.54 Å². The number of aryl methyl sites for hydroxylation is 2. The fraction of sp³-hybridized carbons (Fsp3) is 0.500. The van der Waals surface area contributed by atoms with Crippen molar-refractivity contribution in [1.29, 1.82) is 0 Å². The Bertz CT molecular complexity index is 380. The van der Waals surface area contributed by atoms with Crippen LogP contribution in [0.4, 0.5) is 0 Å². The van der Waals surface area contributed by atoms with Crippen LogP contribution in [0.3, 0.4) is 0 Å². The number of nitrogens with zero attached hydrogens (tertiary/aromatic N) is 1. The van der Waals surface area contributed by atoms with Crippen LogP contribution < -0.4 is 5.32 Å². The van der Waals surface area contributed by atoms with Gasteiger partial charge in [-0.1, -0.05) is 24.2 Å². The first kappa shape index (κ1) is 12.5. The van der Waals surface area contributed by atoms with Crippen LogP contribution in [0.5, 0.6) is 0 Å². The highest BCUT2D eigenvalue weighted by atomic mass is 16.5. The molecule has 88 valence electrons. The molecule has 1 N–H and O–H groups in total. The first-order valence-corrected chi connectivity index (χ1v) is 5.55. The molecule has 1 heterocycles. The lowest BCUT2D eigenvalue weighted by atomic mass is 10.1. The van der Waals surface area contributed by atoms with Gasteiger partial charge in [-0.05, 0) is 26.7 Å². The van der Waals surface area contributed by atoms with Crippen LogP contribution in [0.2, 0.25) is 0 Å². The number of nitrogens with one attached hydrogen (secondary N) is 1. The van der Waals surface area contributed by atoms with Crippen molar-refractivity contribution < 1.29 is 9.32 Å². The fourth-order valence-corrected chi connectivity index (χ4v) is 1.47. The number of hydrogen-bond acceptors (Lipinski definition) is 3. The van der Waals surface area contributed by atoms with Gasteiger partial charge < -0.3 is 9.84 Å². The van der Waals surface area contributed by atoms with Gasteiger partial charge in [0.15, 0.2) is 0 Å². The van der Waals surface area contributed by atoms with Gasteiger partial charge in [0.25, 0.3) is 5.91 Å². The van der Waals surface area contributed by atoms with Crippen molar-refractivity contribution in [3.63, 3.8) is 0 Å². The summed E-state index contributed by atoms with van der Waals surface area (Å²) in [4.78, 5) is 11.8. The summed E-state index contributed by atoms with van der Waals surface area (Å²) in [5.74, 6) is 0.487. The molecule has 0 bridgehead atoms. The van der Waals surface area contributed by atoms with Crippen molar-refractivity contribution in [2.45, 2.75) is 33.6 Å². The summed E-state index contributed by atoms with van der Waals surface area (Å²) < 4.78 is 5.01. The monoisotopic (exact) mass is 222 g/mol. The average Bonchev–Trinajstić information content (AvgIpc) is 2.65. The molecule has 0 fully saturated rings. The maximum atomic E-state index is 11.8. The highest BCUT2D eigenvalue weighted by molar-refractivity contribution is 5.96. The van der Waals surface area contributed by atoms with Gasteiger partial charge in [-0.2, -0.15) is 0 Å². The van der Waals surface area contributed by atoms with Crippen molar-refractivity contribution in [2.24, 2.45) is 0 Å². The van der Waals surface area contributed by atoms with Crippen LogP contribution >= 0.6 is 0 Å². The molecule has 4 heteroatoms. The van der Waals surface area contributed by atoms with Crippen molar-refractivity contribution >= 4 is 5.91 Å². The number of allylic oxidation sites excluding steroid dienone is 1. The minimum absolute atomic E-state index is 0.0971. The smallest absolute Gasteiger partial charge is 0.256 e. The summed E-state index contributed by atoms with van der Waals surface area (Å²) >= 11 is 0. The van der Waals surface area contributed by atoms with Gasteiger partial charge in [-0.15, -0.1) is 0 Å². The second-order valence-electron chi connectivity index (χ2n) is 3.53. The Morgan fingerprint density at radius 1 is 1.56 bits per heavy atom. The van der Waals surface area contributed by atoms with E-state index in [-0.39, 0.29) is 5.91 Å². The highest BCUT2D eigenvalue weighted by Gasteiger charge is 2.18. The minimum atomic E-state index is -0.0971. The lowest BCUT2D eigenvalue weighted by Gasteiger charge is -2.02. The SMILES string of the molecule is C/C=C/CCNC(=O)c1c(CC)noc1C. The summed E-state index contributed by atoms with van der Waals surface area (Å²) in [5, 5.41) is 6.70. The fourth-order valence-electron chi connectivity index (χ4n) is 1.47. The maximum absolute atomic E-state index is 11.8. The normalized spacial score (nSPS) is 10.9. The van der Waals surface area contributed by atoms with Crippen molar-refractivity contribution in [3.8, 4) is 0 Å². The Labute approximate surface area is 95.7 Å². The molecule has 16 heavy (non-hydrogen) atoms. The third kappa shape index (κ3) is 2.95. The molecule has 1 amide bonds. The zero-order valence-electron chi connectivity index (χ0n) is 10.0. The molecule has 4 nitrogen and oxygen atoms in total. The standard InChI is InChI=1S/C12H18N2O2/c1-4-6-7-8-13-12(15)11-9(3)16-14-10(11)5-2/h4,6H,5,7-8H2,1-3H3,(H,13,15)/b6-4+. The number of carbonyl (C=O) groups is 1. The number of aromatic nitrogens is 1. The van der Waals surface area contributed by atoms with E-state index in [1.165, 1.54) is 0 Å². The van der Waals surface area contributed by atoms with Gasteiger partial charge >= 0.3 is 0 Å². The molecule has 1 aromatic rings. The largest absolute Gasteiger partial charge is 0.361 e. The molecule has 1 rings (SSSR count). The van der Waals surface area contributed by atoms with Gasteiger partial charge in [0.2, 0.25) is 0 Å². The zero-order valence-corrected chi connectivity index (χ0v) is 10.0. The predicted octanol–water partition coefficient (Wildman–Crippen LogP) is 2.24. The van der Waals surface area contributed by atoms with E-state index >= 15 is 0 Å². The quantitative estimate of drug-likeness (QED) is 0.614. The molecular weight excluding hydrogens is 204 g/mol. The Morgan fingerprint density at radius 2 is 2.31 bits per heavy atom. The van der Waals surface area contributed by atoms with Crippen molar-refractivity contribution in [3.05, 3.63) is 29.2 Å². The summed E-state index contributed by atoms with van der Waals surface area (Å²) in [5.41, 5.74) is 1.31. The molecule has 0 aliphatic carbocycles. The third-order valence-corrected chi connectivity index (χ3v) is 2.33. The molecule has 0 saturated carbocycles. The third-order valence-electron chi connectivity index (χ3n) is 2.33. The number of hydrogen-bond donors (Lipinski definition) is 1. The Balaban J connectivity index is 2.61. The number of rotatable bonds is 5. The van der Waals surface area contributed by atoms with Crippen LogP contribution in [0.15, 0.2) is 16.7 Å². The van der Waals surface area contributed by atoms with Gasteiger partial charge in [-0.3, -0.25) is 4.79 Å². The Morgan fingerprint density at radius 3 is 2.94 bits per heavy atom.